The summed E-state index contributed by atoms with van der Waals surface area (Å²) in [5.74, 6) is -2.03. The van der Waals surface area contributed by atoms with Gasteiger partial charge in [0.05, 0.1) is 4.88 Å². The summed E-state index contributed by atoms with van der Waals surface area (Å²) in [5.41, 5.74) is 4.36. The second kappa shape index (κ2) is 5.53. The second-order valence-corrected chi connectivity index (χ2v) is 5.89. The van der Waals surface area contributed by atoms with E-state index in [1.54, 1.807) is 6.07 Å². The predicted molar refractivity (Wildman–Crippen MR) is 78.6 cm³/mol. The molecule has 1 aliphatic rings. The number of hydrazine groups is 1. The first kappa shape index (κ1) is 13.6. The van der Waals surface area contributed by atoms with Crippen molar-refractivity contribution in [2.75, 3.05) is 0 Å². The normalized spacial score (nSPS) is 13.7. The zero-order valence-electron chi connectivity index (χ0n) is 11.0. The maximum Gasteiger partial charge on any atom is 0.327 e. The van der Waals surface area contributed by atoms with Crippen LogP contribution in [-0.4, -0.2) is 23.8 Å². The van der Waals surface area contributed by atoms with E-state index in [-0.39, 0.29) is 6.04 Å². The van der Waals surface area contributed by atoms with Crippen molar-refractivity contribution in [1.82, 2.24) is 16.2 Å². The zero-order chi connectivity index (χ0) is 14.8. The number of carbonyl (C=O) groups excluding carboxylic acids is 3. The smallest absolute Gasteiger partial charge is 0.327 e. The fraction of sp³-hybridized carbons (Fsp3) is 0.214. The molecule has 1 aromatic heterocycles. The Bertz CT molecular complexity index is 688. The molecule has 0 aliphatic heterocycles. The van der Waals surface area contributed by atoms with Crippen LogP contribution in [0, 0.1) is 0 Å². The Morgan fingerprint density at radius 3 is 2.52 bits per heavy atom. The number of hydrogen-bond donors (Lipinski definition) is 3. The molecular weight excluding hydrogens is 290 g/mol. The number of carbonyl (C=O) groups is 3. The van der Waals surface area contributed by atoms with Crippen molar-refractivity contribution in [3.63, 3.8) is 0 Å². The summed E-state index contributed by atoms with van der Waals surface area (Å²) in [6.07, 6.45) is 1.79. The molecule has 1 heterocycles. The largest absolute Gasteiger partial charge is 0.345 e. The van der Waals surface area contributed by atoms with Gasteiger partial charge in [-0.05, 0) is 30.4 Å². The number of nitrogens with one attached hydrogen (secondary N) is 3. The van der Waals surface area contributed by atoms with E-state index in [0.717, 1.165) is 22.9 Å². The van der Waals surface area contributed by atoms with Crippen LogP contribution in [-0.2, 0) is 9.59 Å². The highest BCUT2D eigenvalue weighted by Gasteiger charge is 2.26. The Kier molecular flexibility index (Phi) is 3.57. The average Bonchev–Trinajstić information content (AvgIpc) is 3.18. The SMILES string of the molecule is O=C(NNC(=O)c1cc2ccccc2s1)C(=O)NC1CC1. The Morgan fingerprint density at radius 1 is 1.05 bits per heavy atom. The van der Waals surface area contributed by atoms with Gasteiger partial charge in [0.1, 0.15) is 0 Å². The van der Waals surface area contributed by atoms with E-state index >= 15 is 0 Å². The monoisotopic (exact) mass is 303 g/mol. The fourth-order valence-electron chi connectivity index (χ4n) is 1.80. The maximum atomic E-state index is 11.9. The van der Waals surface area contributed by atoms with Crippen molar-refractivity contribution in [3.05, 3.63) is 35.2 Å². The molecule has 3 N–H and O–H groups in total. The van der Waals surface area contributed by atoms with Gasteiger partial charge in [0, 0.05) is 10.7 Å². The maximum absolute atomic E-state index is 11.9. The molecule has 1 aromatic carbocycles. The highest BCUT2D eigenvalue weighted by molar-refractivity contribution is 7.20. The summed E-state index contributed by atoms with van der Waals surface area (Å²) in [5, 5.41) is 3.50. The quantitative estimate of drug-likeness (QED) is 0.570. The predicted octanol–water partition coefficient (Wildman–Crippen LogP) is 0.941. The second-order valence-electron chi connectivity index (χ2n) is 4.80. The summed E-state index contributed by atoms with van der Waals surface area (Å²) in [7, 11) is 0. The summed E-state index contributed by atoms with van der Waals surface area (Å²) < 4.78 is 0.987. The fourth-order valence-corrected chi connectivity index (χ4v) is 2.76. The van der Waals surface area contributed by atoms with Crippen molar-refractivity contribution >= 4 is 39.1 Å². The highest BCUT2D eigenvalue weighted by atomic mass is 32.1. The van der Waals surface area contributed by atoms with E-state index in [1.165, 1.54) is 11.3 Å². The van der Waals surface area contributed by atoms with Crippen LogP contribution in [0.1, 0.15) is 22.5 Å². The van der Waals surface area contributed by atoms with Crippen LogP contribution in [0.3, 0.4) is 0 Å². The first-order valence-electron chi connectivity index (χ1n) is 6.53. The van der Waals surface area contributed by atoms with Gasteiger partial charge in [0.25, 0.3) is 5.91 Å². The van der Waals surface area contributed by atoms with Gasteiger partial charge in [0.2, 0.25) is 0 Å². The van der Waals surface area contributed by atoms with Crippen LogP contribution in [0.25, 0.3) is 10.1 Å². The number of hydrogen-bond acceptors (Lipinski definition) is 4. The molecule has 108 valence electrons. The molecule has 0 saturated heterocycles. The summed E-state index contributed by atoms with van der Waals surface area (Å²) in [4.78, 5) is 35.3. The van der Waals surface area contributed by atoms with Crippen LogP contribution >= 0.6 is 11.3 Å². The van der Waals surface area contributed by atoms with Crippen molar-refractivity contribution in [2.24, 2.45) is 0 Å². The van der Waals surface area contributed by atoms with Crippen LogP contribution in [0.5, 0.6) is 0 Å². The van der Waals surface area contributed by atoms with Crippen LogP contribution in [0.4, 0.5) is 0 Å². The lowest BCUT2D eigenvalue weighted by molar-refractivity contribution is -0.139. The minimum atomic E-state index is -0.864. The van der Waals surface area contributed by atoms with Crippen molar-refractivity contribution in [1.29, 1.82) is 0 Å². The van der Waals surface area contributed by atoms with Gasteiger partial charge in [-0.1, -0.05) is 18.2 Å². The number of rotatable bonds is 2. The molecule has 6 nitrogen and oxygen atoms in total. The molecule has 3 amide bonds. The summed E-state index contributed by atoms with van der Waals surface area (Å²) in [6.45, 7) is 0. The standard InChI is InChI=1S/C14H13N3O3S/c18-12(11-7-8-3-1-2-4-10(8)21-11)16-17-14(20)13(19)15-9-5-6-9/h1-4,7,9H,5-6H2,(H,15,19)(H,16,18)(H,17,20). The molecule has 0 unspecified atom stereocenters. The van der Waals surface area contributed by atoms with Gasteiger partial charge in [-0.3, -0.25) is 25.2 Å². The van der Waals surface area contributed by atoms with Gasteiger partial charge >= 0.3 is 11.8 Å². The molecule has 1 fully saturated rings. The lowest BCUT2D eigenvalue weighted by Gasteiger charge is -2.06. The molecule has 3 rings (SSSR count). The molecule has 1 saturated carbocycles. The number of fused-ring (bicyclic) bond motifs is 1. The van der Waals surface area contributed by atoms with Crippen molar-refractivity contribution < 1.29 is 14.4 Å². The Morgan fingerprint density at radius 2 is 1.81 bits per heavy atom. The lowest BCUT2D eigenvalue weighted by Crippen LogP contribution is -2.48. The molecule has 1 aliphatic carbocycles. The van der Waals surface area contributed by atoms with Gasteiger partial charge in [-0.15, -0.1) is 11.3 Å². The molecule has 0 spiro atoms. The lowest BCUT2D eigenvalue weighted by atomic mass is 10.2. The number of amides is 3. The van der Waals surface area contributed by atoms with E-state index in [0.29, 0.717) is 4.88 Å². The van der Waals surface area contributed by atoms with Gasteiger partial charge < -0.3 is 5.32 Å². The highest BCUT2D eigenvalue weighted by Crippen LogP contribution is 2.24. The van der Waals surface area contributed by atoms with Crippen molar-refractivity contribution in [3.8, 4) is 0 Å². The number of benzene rings is 1. The van der Waals surface area contributed by atoms with E-state index < -0.39 is 17.7 Å². The van der Waals surface area contributed by atoms with E-state index in [4.69, 9.17) is 0 Å². The van der Waals surface area contributed by atoms with Crippen LogP contribution < -0.4 is 16.2 Å². The van der Waals surface area contributed by atoms with E-state index in [1.807, 2.05) is 24.3 Å². The van der Waals surface area contributed by atoms with E-state index in [9.17, 15) is 14.4 Å². The summed E-state index contributed by atoms with van der Waals surface area (Å²) in [6, 6.07) is 9.45. The summed E-state index contributed by atoms with van der Waals surface area (Å²) >= 11 is 1.32. The Labute approximate surface area is 124 Å². The van der Waals surface area contributed by atoms with Gasteiger partial charge in [0.15, 0.2) is 0 Å². The minimum absolute atomic E-state index is 0.0987. The number of thiophene rings is 1. The third kappa shape index (κ3) is 3.19. The third-order valence-corrected chi connectivity index (χ3v) is 4.17. The molecule has 21 heavy (non-hydrogen) atoms. The molecule has 0 bridgehead atoms. The van der Waals surface area contributed by atoms with Crippen molar-refractivity contribution in [2.45, 2.75) is 18.9 Å². The first-order chi connectivity index (χ1) is 10.1. The molecular formula is C14H13N3O3S. The minimum Gasteiger partial charge on any atom is -0.345 e. The molecule has 2 aromatic rings. The van der Waals surface area contributed by atoms with E-state index in [2.05, 4.69) is 16.2 Å². The van der Waals surface area contributed by atoms with Crippen LogP contribution in [0.15, 0.2) is 30.3 Å². The first-order valence-corrected chi connectivity index (χ1v) is 7.35. The molecule has 7 heteroatoms. The Hall–Kier alpha value is -2.41. The van der Waals surface area contributed by atoms with Crippen LogP contribution in [0.2, 0.25) is 0 Å². The average molecular weight is 303 g/mol. The topological polar surface area (TPSA) is 87.3 Å². The van der Waals surface area contributed by atoms with Gasteiger partial charge in [-0.2, -0.15) is 0 Å². The van der Waals surface area contributed by atoms with Gasteiger partial charge in [-0.25, -0.2) is 0 Å². The zero-order valence-corrected chi connectivity index (χ0v) is 11.8. The molecule has 0 atom stereocenters. The Balaban J connectivity index is 1.58. The molecule has 0 radical (unpaired) electrons. The third-order valence-electron chi connectivity index (χ3n) is 3.06.